The number of aryl methyl sites for hydroxylation is 1. The molecule has 1 aliphatic rings. The zero-order valence-corrected chi connectivity index (χ0v) is 18.4. The number of nitrogens with zero attached hydrogens (tertiary/aromatic N) is 4. The van der Waals surface area contributed by atoms with E-state index in [2.05, 4.69) is 30.1 Å². The van der Waals surface area contributed by atoms with Gasteiger partial charge < -0.3 is 15.2 Å². The second kappa shape index (κ2) is 9.03. The van der Waals surface area contributed by atoms with Gasteiger partial charge >= 0.3 is 0 Å². The van der Waals surface area contributed by atoms with Gasteiger partial charge in [0.05, 0.1) is 22.4 Å². The molecule has 1 fully saturated rings. The number of anilines is 1. The van der Waals surface area contributed by atoms with Crippen molar-refractivity contribution in [2.75, 3.05) is 38.1 Å². The maximum Gasteiger partial charge on any atom is 0.270 e. The van der Waals surface area contributed by atoms with E-state index in [4.69, 9.17) is 11.6 Å². The summed E-state index contributed by atoms with van der Waals surface area (Å²) in [7, 11) is 1.59. The zero-order chi connectivity index (χ0) is 22.0. The van der Waals surface area contributed by atoms with Gasteiger partial charge in [-0.1, -0.05) is 18.5 Å². The quantitative estimate of drug-likeness (QED) is 0.631. The van der Waals surface area contributed by atoms with Crippen LogP contribution in [0.4, 0.5) is 5.69 Å². The topological polar surface area (TPSA) is 94.2 Å². The molecule has 0 unspecified atom stereocenters. The Labute approximate surface area is 185 Å². The number of carbonyl (C=O) groups is 1. The third kappa shape index (κ3) is 4.55. The third-order valence-electron chi connectivity index (χ3n) is 5.57. The number of H-pyrrole nitrogens is 1. The van der Waals surface area contributed by atoms with Gasteiger partial charge in [0.2, 0.25) is 0 Å². The number of carbonyl (C=O) groups excluding carboxylic acids is 1. The summed E-state index contributed by atoms with van der Waals surface area (Å²) in [6.07, 6.45) is 2.31. The van der Waals surface area contributed by atoms with Gasteiger partial charge in [0.15, 0.2) is 0 Å². The average Bonchev–Trinajstić information content (AvgIpc) is 2.79. The normalized spacial score (nSPS) is 14.7. The number of piperazine rings is 1. The van der Waals surface area contributed by atoms with Crippen LogP contribution >= 0.6 is 11.6 Å². The number of rotatable bonds is 5. The summed E-state index contributed by atoms with van der Waals surface area (Å²) in [6.45, 7) is 6.14. The number of aromatic nitrogens is 3. The lowest BCUT2D eigenvalue weighted by Gasteiger charge is -2.36. The number of hydrogen-bond donors (Lipinski definition) is 2. The second-order valence-corrected chi connectivity index (χ2v) is 7.99. The monoisotopic (exact) mass is 440 g/mol. The first kappa shape index (κ1) is 21.3. The van der Waals surface area contributed by atoms with Gasteiger partial charge in [-0.15, -0.1) is 0 Å². The number of nitrogens with one attached hydrogen (secondary N) is 2. The number of hydrogen-bond acceptors (Lipinski definition) is 6. The van der Waals surface area contributed by atoms with E-state index in [0.717, 1.165) is 44.0 Å². The molecule has 3 heterocycles. The van der Waals surface area contributed by atoms with Gasteiger partial charge in [-0.3, -0.25) is 14.5 Å². The van der Waals surface area contributed by atoms with Crippen LogP contribution in [-0.4, -0.2) is 59.0 Å². The fourth-order valence-electron chi connectivity index (χ4n) is 3.83. The first-order valence-electron chi connectivity index (χ1n) is 10.3. The van der Waals surface area contributed by atoms with Crippen LogP contribution in [0.3, 0.4) is 0 Å². The highest BCUT2D eigenvalue weighted by Crippen LogP contribution is 2.24. The Balaban J connectivity index is 1.42. The smallest absolute Gasteiger partial charge is 0.270 e. The Morgan fingerprint density at radius 2 is 2.00 bits per heavy atom. The molecule has 0 spiro atoms. The average molecular weight is 441 g/mol. The molecule has 0 saturated carbocycles. The van der Waals surface area contributed by atoms with Gasteiger partial charge in [0, 0.05) is 39.8 Å². The summed E-state index contributed by atoms with van der Waals surface area (Å²) in [6, 6.07) is 7.58. The zero-order valence-electron chi connectivity index (χ0n) is 17.6. The van der Waals surface area contributed by atoms with Crippen molar-refractivity contribution in [3.63, 3.8) is 0 Å². The van der Waals surface area contributed by atoms with Crippen LogP contribution in [-0.2, 0) is 13.0 Å². The Morgan fingerprint density at radius 1 is 1.23 bits per heavy atom. The Morgan fingerprint density at radius 3 is 2.65 bits per heavy atom. The number of halogens is 1. The fraction of sp³-hybridized carbons (Fsp3) is 0.364. The van der Waals surface area contributed by atoms with E-state index >= 15 is 0 Å². The highest BCUT2D eigenvalue weighted by atomic mass is 35.5. The minimum atomic E-state index is -0.187. The molecule has 1 saturated heterocycles. The largest absolute Gasteiger partial charge is 0.368 e. The molecule has 0 bridgehead atoms. The van der Waals surface area contributed by atoms with Crippen LogP contribution < -0.4 is 15.8 Å². The van der Waals surface area contributed by atoms with Gasteiger partial charge in [0.1, 0.15) is 16.9 Å². The lowest BCUT2D eigenvalue weighted by Crippen LogP contribution is -2.46. The van der Waals surface area contributed by atoms with Crippen molar-refractivity contribution in [3.8, 4) is 0 Å². The molecule has 4 rings (SSSR count). The highest BCUT2D eigenvalue weighted by molar-refractivity contribution is 6.35. The van der Waals surface area contributed by atoms with Crippen molar-refractivity contribution in [2.45, 2.75) is 19.9 Å². The molecule has 0 atom stereocenters. The molecule has 8 nitrogen and oxygen atoms in total. The molecular weight excluding hydrogens is 416 g/mol. The summed E-state index contributed by atoms with van der Waals surface area (Å²) in [5.41, 5.74) is 4.12. The van der Waals surface area contributed by atoms with Gasteiger partial charge in [0.25, 0.3) is 11.5 Å². The van der Waals surface area contributed by atoms with Crippen molar-refractivity contribution in [1.82, 2.24) is 25.2 Å². The lowest BCUT2D eigenvalue weighted by molar-refractivity contribution is 0.0958. The highest BCUT2D eigenvalue weighted by Gasteiger charge is 2.19. The van der Waals surface area contributed by atoms with Gasteiger partial charge in [-0.05, 0) is 36.2 Å². The Hall–Kier alpha value is -2.97. The van der Waals surface area contributed by atoms with Crippen molar-refractivity contribution >= 4 is 34.2 Å². The molecule has 3 aromatic rings. The summed E-state index contributed by atoms with van der Waals surface area (Å²) < 4.78 is 0. The number of benzene rings is 1. The van der Waals surface area contributed by atoms with E-state index in [1.807, 2.05) is 25.1 Å². The van der Waals surface area contributed by atoms with E-state index in [0.29, 0.717) is 33.9 Å². The molecule has 0 aliphatic carbocycles. The van der Waals surface area contributed by atoms with E-state index in [9.17, 15) is 9.59 Å². The van der Waals surface area contributed by atoms with Gasteiger partial charge in [-0.2, -0.15) is 0 Å². The number of aromatic amines is 1. The summed E-state index contributed by atoms with van der Waals surface area (Å²) in [4.78, 5) is 40.0. The van der Waals surface area contributed by atoms with E-state index in [-0.39, 0.29) is 11.5 Å². The molecule has 0 radical (unpaired) electrons. The van der Waals surface area contributed by atoms with Gasteiger partial charge in [-0.25, -0.2) is 9.97 Å². The minimum Gasteiger partial charge on any atom is -0.368 e. The first-order chi connectivity index (χ1) is 15.0. The van der Waals surface area contributed by atoms with Crippen molar-refractivity contribution < 1.29 is 4.79 Å². The van der Waals surface area contributed by atoms with Crippen molar-refractivity contribution in [2.24, 2.45) is 0 Å². The molecule has 31 heavy (non-hydrogen) atoms. The molecule has 2 aromatic heterocycles. The van der Waals surface area contributed by atoms with Crippen molar-refractivity contribution in [1.29, 1.82) is 0 Å². The fourth-order valence-corrected chi connectivity index (χ4v) is 4.12. The van der Waals surface area contributed by atoms with Crippen LogP contribution in [0.5, 0.6) is 0 Å². The molecule has 1 aliphatic heterocycles. The van der Waals surface area contributed by atoms with Crippen molar-refractivity contribution in [3.05, 3.63) is 62.8 Å². The van der Waals surface area contributed by atoms with E-state index in [1.54, 1.807) is 19.3 Å². The van der Waals surface area contributed by atoms with E-state index in [1.165, 1.54) is 0 Å². The molecule has 2 N–H and O–H groups in total. The maximum atomic E-state index is 12.1. The van der Waals surface area contributed by atoms with Crippen LogP contribution in [0.1, 0.15) is 28.7 Å². The van der Waals surface area contributed by atoms with E-state index < -0.39 is 0 Å². The SMILES string of the molecule is CCc1nc2c(Cl)cc(CN3CCN(c4ccc(C(=O)NC)nc4)CC3)cc2[nH]c1=O. The first-order valence-corrected chi connectivity index (χ1v) is 10.7. The molecule has 1 amide bonds. The summed E-state index contributed by atoms with van der Waals surface area (Å²) >= 11 is 6.46. The van der Waals surface area contributed by atoms with Crippen LogP contribution in [0, 0.1) is 0 Å². The third-order valence-corrected chi connectivity index (χ3v) is 5.85. The maximum absolute atomic E-state index is 12.1. The van der Waals surface area contributed by atoms with Crippen LogP contribution in [0.25, 0.3) is 11.0 Å². The second-order valence-electron chi connectivity index (χ2n) is 7.58. The minimum absolute atomic E-state index is 0.159. The molecule has 1 aromatic carbocycles. The molecular formula is C22H25ClN6O2. The predicted octanol–water partition coefficient (Wildman–Crippen LogP) is 2.22. The molecule has 9 heteroatoms. The van der Waals surface area contributed by atoms with Crippen LogP contribution in [0.2, 0.25) is 5.02 Å². The number of amides is 1. The number of fused-ring (bicyclic) bond motifs is 1. The summed E-state index contributed by atoms with van der Waals surface area (Å²) in [5, 5.41) is 3.13. The Kier molecular flexibility index (Phi) is 6.20. The lowest BCUT2D eigenvalue weighted by atomic mass is 10.1. The predicted molar refractivity (Wildman–Crippen MR) is 122 cm³/mol. The standard InChI is InChI=1S/C22H25ClN6O2/c1-3-17-22(31)27-19-11-14(10-16(23)20(19)26-17)13-28-6-8-29(9-7-28)15-4-5-18(25-12-15)21(30)24-2/h4-5,10-12H,3,6-9,13H2,1-2H3,(H,24,30)(H,27,31). The Bertz CT molecular complexity index is 1150. The van der Waals surface area contributed by atoms with Crippen LogP contribution in [0.15, 0.2) is 35.3 Å². The number of pyridine rings is 1. The summed E-state index contributed by atoms with van der Waals surface area (Å²) in [5.74, 6) is -0.187. The molecule has 162 valence electrons.